The van der Waals surface area contributed by atoms with Gasteiger partial charge in [0.05, 0.1) is 5.69 Å². The van der Waals surface area contributed by atoms with Crippen molar-refractivity contribution in [1.29, 1.82) is 0 Å². The zero-order valence-electron chi connectivity index (χ0n) is 10.0. The number of allylic oxidation sites excluding steroid dienone is 2. The Hall–Kier alpha value is -1.44. The lowest BCUT2D eigenvalue weighted by molar-refractivity contribution is 0.381. The van der Waals surface area contributed by atoms with Crippen LogP contribution in [0.5, 0.6) is 0 Å². The summed E-state index contributed by atoms with van der Waals surface area (Å²) in [6.07, 6.45) is 9.70. The topological polar surface area (TPSA) is 25.8 Å². The van der Waals surface area contributed by atoms with Gasteiger partial charge in [-0.15, -0.1) is 13.2 Å². The van der Waals surface area contributed by atoms with Gasteiger partial charge < -0.3 is 0 Å². The first-order valence-corrected chi connectivity index (χ1v) is 5.79. The third-order valence-corrected chi connectivity index (χ3v) is 2.91. The molecule has 1 aromatic rings. The molecule has 0 amide bonds. The quantitative estimate of drug-likeness (QED) is 0.650. The maximum Gasteiger partial charge on any atom is 0.0698 e. The number of aromatic nitrogens is 2. The molecule has 0 aliphatic rings. The van der Waals surface area contributed by atoms with E-state index in [0.717, 1.165) is 31.4 Å². The van der Waals surface area contributed by atoms with E-state index in [4.69, 9.17) is 0 Å². The van der Waals surface area contributed by atoms with Crippen molar-refractivity contribution in [3.05, 3.63) is 49.3 Å². The first kappa shape index (κ1) is 12.6. The maximum absolute atomic E-state index is 4.26. The van der Waals surface area contributed by atoms with Gasteiger partial charge in [-0.05, 0) is 31.4 Å². The monoisotopic (exact) mass is 216 g/mol. The van der Waals surface area contributed by atoms with Gasteiger partial charge in [-0.25, -0.2) is 0 Å². The Balaban J connectivity index is 3.08. The molecular weight excluding hydrogens is 196 g/mol. The predicted octanol–water partition coefficient (Wildman–Crippen LogP) is 3.67. The van der Waals surface area contributed by atoms with Gasteiger partial charge in [0.1, 0.15) is 0 Å². The minimum Gasteiger partial charge on any atom is -0.159 e. The van der Waals surface area contributed by atoms with Gasteiger partial charge in [0, 0.05) is 11.6 Å². The molecule has 16 heavy (non-hydrogen) atoms. The van der Waals surface area contributed by atoms with Crippen LogP contribution >= 0.6 is 0 Å². The molecule has 1 aromatic heterocycles. The summed E-state index contributed by atoms with van der Waals surface area (Å²) in [7, 11) is 0. The number of hydrogen-bond acceptors (Lipinski definition) is 2. The highest BCUT2D eigenvalue weighted by molar-refractivity contribution is 5.18. The van der Waals surface area contributed by atoms with E-state index in [1.807, 2.05) is 18.2 Å². The Labute approximate surface area is 98.1 Å². The standard InChI is InChI=1S/C14H20N2/c1-4-9-14(10-5-2,11-6-3)13-8-7-12-15-16-13/h4-5,7-8,12H,1-2,6,9-11H2,3H3. The van der Waals surface area contributed by atoms with E-state index >= 15 is 0 Å². The zero-order chi connectivity index (χ0) is 11.9. The molecule has 0 spiro atoms. The molecule has 0 radical (unpaired) electrons. The van der Waals surface area contributed by atoms with Gasteiger partial charge in [0.15, 0.2) is 0 Å². The first-order chi connectivity index (χ1) is 7.79. The summed E-state index contributed by atoms with van der Waals surface area (Å²) in [4.78, 5) is 0. The third-order valence-electron chi connectivity index (χ3n) is 2.91. The Bertz CT molecular complexity index is 320. The van der Waals surface area contributed by atoms with Crippen LogP contribution in [0.2, 0.25) is 0 Å². The van der Waals surface area contributed by atoms with Crippen LogP contribution in [0.1, 0.15) is 38.3 Å². The van der Waals surface area contributed by atoms with Gasteiger partial charge in [0.25, 0.3) is 0 Å². The fourth-order valence-corrected chi connectivity index (χ4v) is 2.24. The molecule has 1 rings (SSSR count). The van der Waals surface area contributed by atoms with Crippen LogP contribution in [0.25, 0.3) is 0 Å². The Morgan fingerprint density at radius 2 is 2.00 bits per heavy atom. The molecule has 86 valence electrons. The third kappa shape index (κ3) is 2.78. The van der Waals surface area contributed by atoms with E-state index in [-0.39, 0.29) is 5.41 Å². The maximum atomic E-state index is 4.26. The fraction of sp³-hybridized carbons (Fsp3) is 0.429. The lowest BCUT2D eigenvalue weighted by atomic mass is 9.74. The molecule has 2 heteroatoms. The highest BCUT2D eigenvalue weighted by atomic mass is 15.1. The van der Waals surface area contributed by atoms with Gasteiger partial charge >= 0.3 is 0 Å². The summed E-state index contributed by atoms with van der Waals surface area (Å²) in [5, 5.41) is 8.24. The highest BCUT2D eigenvalue weighted by Gasteiger charge is 2.30. The van der Waals surface area contributed by atoms with Gasteiger partial charge in [-0.2, -0.15) is 10.2 Å². The van der Waals surface area contributed by atoms with Crippen LogP contribution in [0.15, 0.2) is 43.6 Å². The molecule has 1 heterocycles. The molecule has 0 N–H and O–H groups in total. The largest absolute Gasteiger partial charge is 0.159 e. The summed E-state index contributed by atoms with van der Waals surface area (Å²) < 4.78 is 0. The highest BCUT2D eigenvalue weighted by Crippen LogP contribution is 2.35. The zero-order valence-corrected chi connectivity index (χ0v) is 10.0. The van der Waals surface area contributed by atoms with Crippen LogP contribution in [0, 0.1) is 0 Å². The first-order valence-electron chi connectivity index (χ1n) is 5.79. The van der Waals surface area contributed by atoms with E-state index in [2.05, 4.69) is 36.3 Å². The molecule has 0 fully saturated rings. The summed E-state index contributed by atoms with van der Waals surface area (Å²) in [6, 6.07) is 3.99. The van der Waals surface area contributed by atoms with Crippen LogP contribution in [0.4, 0.5) is 0 Å². The lowest BCUT2D eigenvalue weighted by Gasteiger charge is -2.30. The molecule has 0 saturated heterocycles. The average Bonchev–Trinajstić information content (AvgIpc) is 2.31. The van der Waals surface area contributed by atoms with Gasteiger partial charge in [-0.1, -0.05) is 25.5 Å². The van der Waals surface area contributed by atoms with Crippen LogP contribution < -0.4 is 0 Å². The van der Waals surface area contributed by atoms with E-state index in [0.29, 0.717) is 0 Å². The van der Waals surface area contributed by atoms with Crippen molar-refractivity contribution in [1.82, 2.24) is 10.2 Å². The number of hydrogen-bond donors (Lipinski definition) is 0. The Morgan fingerprint density at radius 3 is 2.44 bits per heavy atom. The van der Waals surface area contributed by atoms with Crippen molar-refractivity contribution in [2.75, 3.05) is 0 Å². The van der Waals surface area contributed by atoms with Crippen molar-refractivity contribution < 1.29 is 0 Å². The molecular formula is C14H20N2. The van der Waals surface area contributed by atoms with Crippen LogP contribution in [-0.4, -0.2) is 10.2 Å². The second-order valence-electron chi connectivity index (χ2n) is 4.12. The van der Waals surface area contributed by atoms with E-state index < -0.39 is 0 Å². The van der Waals surface area contributed by atoms with Crippen molar-refractivity contribution in [2.45, 2.75) is 38.0 Å². The minimum absolute atomic E-state index is 0.0342. The minimum atomic E-state index is 0.0342. The molecule has 0 unspecified atom stereocenters. The Morgan fingerprint density at radius 1 is 1.31 bits per heavy atom. The second kappa shape index (κ2) is 6.21. The summed E-state index contributed by atoms with van der Waals surface area (Å²) in [5.74, 6) is 0. The number of nitrogens with zero attached hydrogens (tertiary/aromatic N) is 2. The van der Waals surface area contributed by atoms with Gasteiger partial charge in [-0.3, -0.25) is 0 Å². The van der Waals surface area contributed by atoms with Crippen LogP contribution in [-0.2, 0) is 5.41 Å². The van der Waals surface area contributed by atoms with E-state index in [1.165, 1.54) is 0 Å². The summed E-state index contributed by atoms with van der Waals surface area (Å²) in [6.45, 7) is 9.90. The lowest BCUT2D eigenvalue weighted by Crippen LogP contribution is -2.26. The molecule has 0 aliphatic heterocycles. The SMILES string of the molecule is C=CCC(CC=C)(CCC)c1cccnn1. The summed E-state index contributed by atoms with van der Waals surface area (Å²) in [5.41, 5.74) is 1.09. The second-order valence-corrected chi connectivity index (χ2v) is 4.12. The van der Waals surface area contributed by atoms with Crippen molar-refractivity contribution >= 4 is 0 Å². The summed E-state index contributed by atoms with van der Waals surface area (Å²) >= 11 is 0. The molecule has 2 nitrogen and oxygen atoms in total. The molecule has 0 aliphatic carbocycles. The van der Waals surface area contributed by atoms with Crippen molar-refractivity contribution in [3.8, 4) is 0 Å². The normalized spacial score (nSPS) is 11.1. The molecule has 0 saturated carbocycles. The molecule has 0 aromatic carbocycles. The van der Waals surface area contributed by atoms with Crippen molar-refractivity contribution in [2.24, 2.45) is 0 Å². The van der Waals surface area contributed by atoms with Crippen LogP contribution in [0.3, 0.4) is 0 Å². The number of rotatable bonds is 7. The average molecular weight is 216 g/mol. The predicted molar refractivity (Wildman–Crippen MR) is 68.2 cm³/mol. The van der Waals surface area contributed by atoms with E-state index in [1.54, 1.807) is 6.20 Å². The van der Waals surface area contributed by atoms with Gasteiger partial charge in [0.2, 0.25) is 0 Å². The Kier molecular flexibility index (Phi) is 4.90. The van der Waals surface area contributed by atoms with E-state index in [9.17, 15) is 0 Å². The smallest absolute Gasteiger partial charge is 0.0698 e. The molecule has 0 bridgehead atoms. The van der Waals surface area contributed by atoms with Crippen molar-refractivity contribution in [3.63, 3.8) is 0 Å². The fourth-order valence-electron chi connectivity index (χ4n) is 2.24. The molecule has 0 atom stereocenters.